The summed E-state index contributed by atoms with van der Waals surface area (Å²) in [7, 11) is 0. The van der Waals surface area contributed by atoms with Gasteiger partial charge in [0.15, 0.2) is 0 Å². The molecule has 1 rings (SSSR count). The summed E-state index contributed by atoms with van der Waals surface area (Å²) in [6, 6.07) is 2.38. The number of anilines is 1. The molecule has 0 amide bonds. The van der Waals surface area contributed by atoms with E-state index in [1.54, 1.807) is 0 Å². The fourth-order valence-electron chi connectivity index (χ4n) is 1.00. The molecule has 0 spiro atoms. The minimum Gasteiger partial charge on any atom is -0.396 e. The summed E-state index contributed by atoms with van der Waals surface area (Å²) in [6.07, 6.45) is 0.587. The van der Waals surface area contributed by atoms with Gasteiger partial charge in [0.2, 0.25) is 0 Å². The lowest BCUT2D eigenvalue weighted by Gasteiger charge is -2.09. The molecule has 0 bridgehead atoms. The summed E-state index contributed by atoms with van der Waals surface area (Å²) in [4.78, 5) is 0. The number of hydrogen-bond acceptors (Lipinski definition) is 2. The largest absolute Gasteiger partial charge is 0.396 e. The summed E-state index contributed by atoms with van der Waals surface area (Å²) < 4.78 is 12.8. The molecular weight excluding hydrogens is 228 g/mol. The highest BCUT2D eigenvalue weighted by molar-refractivity contribution is 6.39. The highest BCUT2D eigenvalue weighted by Gasteiger charge is 2.07. The fraction of sp³-hybridized carbons (Fsp3) is 0.333. The lowest BCUT2D eigenvalue weighted by Crippen LogP contribution is -2.04. The van der Waals surface area contributed by atoms with Crippen LogP contribution < -0.4 is 5.32 Å². The van der Waals surface area contributed by atoms with Crippen LogP contribution in [0.3, 0.4) is 0 Å². The smallest absolute Gasteiger partial charge is 0.126 e. The van der Waals surface area contributed by atoms with E-state index in [4.69, 9.17) is 28.3 Å². The zero-order valence-corrected chi connectivity index (χ0v) is 8.87. The Labute approximate surface area is 91.6 Å². The third kappa shape index (κ3) is 3.01. The third-order valence-corrected chi connectivity index (χ3v) is 2.24. The van der Waals surface area contributed by atoms with Crippen LogP contribution in [0.1, 0.15) is 6.42 Å². The summed E-state index contributed by atoms with van der Waals surface area (Å²) >= 11 is 11.5. The second-order valence-electron chi connectivity index (χ2n) is 2.75. The van der Waals surface area contributed by atoms with Gasteiger partial charge in [-0.15, -0.1) is 0 Å². The Balaban J connectivity index is 2.75. The van der Waals surface area contributed by atoms with E-state index in [1.807, 2.05) is 0 Å². The number of halogens is 3. The van der Waals surface area contributed by atoms with Crippen molar-refractivity contribution >= 4 is 28.9 Å². The number of nitrogens with one attached hydrogen (secondary N) is 1. The first-order valence-corrected chi connectivity index (χ1v) is 4.90. The molecule has 0 saturated heterocycles. The van der Waals surface area contributed by atoms with Crippen LogP contribution in [-0.2, 0) is 0 Å². The van der Waals surface area contributed by atoms with Gasteiger partial charge in [0, 0.05) is 13.2 Å². The number of benzene rings is 1. The summed E-state index contributed by atoms with van der Waals surface area (Å²) in [5, 5.41) is 12.0. The van der Waals surface area contributed by atoms with Gasteiger partial charge in [-0.1, -0.05) is 23.2 Å². The average molecular weight is 238 g/mol. The van der Waals surface area contributed by atoms with Crippen molar-refractivity contribution in [1.82, 2.24) is 0 Å². The normalized spacial score (nSPS) is 10.3. The molecule has 14 heavy (non-hydrogen) atoms. The topological polar surface area (TPSA) is 32.3 Å². The van der Waals surface area contributed by atoms with Gasteiger partial charge in [0.05, 0.1) is 15.7 Å². The van der Waals surface area contributed by atoms with Crippen LogP contribution in [-0.4, -0.2) is 18.3 Å². The third-order valence-electron chi connectivity index (χ3n) is 1.64. The Bertz CT molecular complexity index is 297. The van der Waals surface area contributed by atoms with Crippen molar-refractivity contribution in [2.75, 3.05) is 18.5 Å². The Morgan fingerprint density at radius 1 is 1.29 bits per heavy atom. The van der Waals surface area contributed by atoms with Crippen molar-refractivity contribution < 1.29 is 9.50 Å². The standard InChI is InChI=1S/C9H10Cl2FNO/c10-7-4-6(12)5-8(11)9(7)13-2-1-3-14/h4-5,13-14H,1-3H2. The van der Waals surface area contributed by atoms with E-state index in [0.29, 0.717) is 18.7 Å². The Morgan fingerprint density at radius 2 is 1.86 bits per heavy atom. The molecule has 2 N–H and O–H groups in total. The van der Waals surface area contributed by atoms with Gasteiger partial charge in [0.1, 0.15) is 5.82 Å². The van der Waals surface area contributed by atoms with Crippen molar-refractivity contribution in [2.24, 2.45) is 0 Å². The molecule has 1 aromatic carbocycles. The van der Waals surface area contributed by atoms with E-state index in [9.17, 15) is 4.39 Å². The molecular formula is C9H10Cl2FNO. The second-order valence-corrected chi connectivity index (χ2v) is 3.56. The number of rotatable bonds is 4. The number of hydrogen-bond donors (Lipinski definition) is 2. The Kier molecular flexibility index (Phi) is 4.45. The minimum atomic E-state index is -0.465. The molecule has 5 heteroatoms. The van der Waals surface area contributed by atoms with Crippen LogP contribution in [0.15, 0.2) is 12.1 Å². The molecule has 0 atom stereocenters. The van der Waals surface area contributed by atoms with E-state index in [2.05, 4.69) is 5.32 Å². The lowest BCUT2D eigenvalue weighted by atomic mass is 10.3. The van der Waals surface area contributed by atoms with Crippen molar-refractivity contribution in [2.45, 2.75) is 6.42 Å². The van der Waals surface area contributed by atoms with E-state index in [0.717, 1.165) is 0 Å². The van der Waals surface area contributed by atoms with Crippen LogP contribution in [0, 0.1) is 5.82 Å². The van der Waals surface area contributed by atoms with E-state index in [1.165, 1.54) is 12.1 Å². The molecule has 2 nitrogen and oxygen atoms in total. The van der Waals surface area contributed by atoms with Crippen LogP contribution >= 0.6 is 23.2 Å². The molecule has 0 fully saturated rings. The first-order valence-electron chi connectivity index (χ1n) is 4.14. The first kappa shape index (κ1) is 11.6. The molecule has 0 aromatic heterocycles. The zero-order valence-electron chi connectivity index (χ0n) is 7.36. The second kappa shape index (κ2) is 5.39. The number of aliphatic hydroxyl groups excluding tert-OH is 1. The Morgan fingerprint density at radius 3 is 2.36 bits per heavy atom. The highest BCUT2D eigenvalue weighted by atomic mass is 35.5. The maximum Gasteiger partial charge on any atom is 0.126 e. The fourth-order valence-corrected chi connectivity index (χ4v) is 1.60. The first-order chi connectivity index (χ1) is 6.65. The van der Waals surface area contributed by atoms with Gasteiger partial charge in [-0.25, -0.2) is 4.39 Å². The summed E-state index contributed by atoms with van der Waals surface area (Å²) in [6.45, 7) is 0.630. The molecule has 1 aromatic rings. The van der Waals surface area contributed by atoms with Gasteiger partial charge >= 0.3 is 0 Å². The van der Waals surface area contributed by atoms with Gasteiger partial charge in [-0.05, 0) is 18.6 Å². The number of aliphatic hydroxyl groups is 1. The molecule has 0 radical (unpaired) electrons. The van der Waals surface area contributed by atoms with Gasteiger partial charge in [0.25, 0.3) is 0 Å². The summed E-state index contributed by atoms with van der Waals surface area (Å²) in [5.41, 5.74) is 0.503. The van der Waals surface area contributed by atoms with Crippen LogP contribution in [0.5, 0.6) is 0 Å². The molecule has 0 aliphatic carbocycles. The van der Waals surface area contributed by atoms with Crippen LogP contribution in [0.4, 0.5) is 10.1 Å². The molecule has 0 unspecified atom stereocenters. The quantitative estimate of drug-likeness (QED) is 0.790. The summed E-state index contributed by atoms with van der Waals surface area (Å²) in [5.74, 6) is -0.465. The van der Waals surface area contributed by atoms with Gasteiger partial charge in [-0.2, -0.15) is 0 Å². The monoisotopic (exact) mass is 237 g/mol. The van der Waals surface area contributed by atoms with Crippen LogP contribution in [0.2, 0.25) is 10.0 Å². The molecule has 0 aliphatic rings. The SMILES string of the molecule is OCCCNc1c(Cl)cc(F)cc1Cl. The predicted octanol–water partition coefficient (Wildman–Crippen LogP) is 2.93. The minimum absolute atomic E-state index is 0.0867. The van der Waals surface area contributed by atoms with Crippen molar-refractivity contribution in [3.05, 3.63) is 28.0 Å². The predicted molar refractivity (Wildman–Crippen MR) is 56.6 cm³/mol. The van der Waals surface area contributed by atoms with Crippen molar-refractivity contribution in [1.29, 1.82) is 0 Å². The van der Waals surface area contributed by atoms with Gasteiger partial charge < -0.3 is 10.4 Å². The zero-order chi connectivity index (χ0) is 10.6. The van der Waals surface area contributed by atoms with Crippen LogP contribution in [0.25, 0.3) is 0 Å². The van der Waals surface area contributed by atoms with E-state index < -0.39 is 5.82 Å². The molecule has 78 valence electrons. The average Bonchev–Trinajstić information content (AvgIpc) is 2.09. The van der Waals surface area contributed by atoms with Crippen molar-refractivity contribution in [3.8, 4) is 0 Å². The van der Waals surface area contributed by atoms with Crippen molar-refractivity contribution in [3.63, 3.8) is 0 Å². The van der Waals surface area contributed by atoms with E-state index in [-0.39, 0.29) is 16.7 Å². The van der Waals surface area contributed by atoms with Gasteiger partial charge in [-0.3, -0.25) is 0 Å². The molecule has 0 aliphatic heterocycles. The molecule has 0 saturated carbocycles. The maximum atomic E-state index is 12.8. The Hall–Kier alpha value is -0.510. The van der Waals surface area contributed by atoms with E-state index >= 15 is 0 Å². The maximum absolute atomic E-state index is 12.8. The molecule has 0 heterocycles. The highest BCUT2D eigenvalue weighted by Crippen LogP contribution is 2.31. The lowest BCUT2D eigenvalue weighted by molar-refractivity contribution is 0.292.